The van der Waals surface area contributed by atoms with Gasteiger partial charge in [-0.3, -0.25) is 0 Å². The predicted molar refractivity (Wildman–Crippen MR) is 68.9 cm³/mol. The van der Waals surface area contributed by atoms with E-state index < -0.39 is 0 Å². The van der Waals surface area contributed by atoms with E-state index in [1.54, 1.807) is 16.9 Å². The van der Waals surface area contributed by atoms with Crippen molar-refractivity contribution in [3.63, 3.8) is 0 Å². The van der Waals surface area contributed by atoms with Gasteiger partial charge in [0.1, 0.15) is 5.82 Å². The van der Waals surface area contributed by atoms with E-state index in [9.17, 15) is 4.39 Å². The molecule has 3 nitrogen and oxygen atoms in total. The van der Waals surface area contributed by atoms with Crippen molar-refractivity contribution in [3.8, 4) is 5.69 Å². The Balaban J connectivity index is 2.26. The van der Waals surface area contributed by atoms with E-state index in [4.69, 9.17) is 5.73 Å². The molecule has 0 amide bonds. The van der Waals surface area contributed by atoms with Crippen molar-refractivity contribution in [2.45, 2.75) is 6.54 Å². The van der Waals surface area contributed by atoms with Crippen LogP contribution in [0.1, 0.15) is 5.56 Å². The molecule has 0 atom stereocenters. The number of aromatic nitrogens is 2. The first-order valence-corrected chi connectivity index (χ1v) is 5.71. The van der Waals surface area contributed by atoms with Gasteiger partial charge in [0.25, 0.3) is 0 Å². The highest BCUT2D eigenvalue weighted by Gasteiger charge is 2.08. The maximum atomic E-state index is 13.2. The van der Waals surface area contributed by atoms with Gasteiger partial charge in [-0.15, -0.1) is 0 Å². The van der Waals surface area contributed by atoms with Gasteiger partial charge >= 0.3 is 0 Å². The Morgan fingerprint density at radius 2 is 2.00 bits per heavy atom. The van der Waals surface area contributed by atoms with Crippen molar-refractivity contribution in [1.82, 2.24) is 9.78 Å². The third kappa shape index (κ3) is 1.67. The highest BCUT2D eigenvalue weighted by atomic mass is 19.1. The van der Waals surface area contributed by atoms with Crippen LogP contribution in [0.2, 0.25) is 0 Å². The number of halogens is 1. The molecule has 0 unspecified atom stereocenters. The first-order chi connectivity index (χ1) is 8.79. The van der Waals surface area contributed by atoms with Crippen LogP contribution in [-0.2, 0) is 6.54 Å². The van der Waals surface area contributed by atoms with Gasteiger partial charge in [-0.05, 0) is 29.8 Å². The second-order valence-corrected chi connectivity index (χ2v) is 4.09. The van der Waals surface area contributed by atoms with E-state index in [0.717, 1.165) is 22.2 Å². The zero-order chi connectivity index (χ0) is 12.5. The van der Waals surface area contributed by atoms with Gasteiger partial charge < -0.3 is 5.73 Å². The van der Waals surface area contributed by atoms with Crippen LogP contribution in [0.3, 0.4) is 0 Å². The van der Waals surface area contributed by atoms with Crippen LogP contribution in [0.4, 0.5) is 4.39 Å². The van der Waals surface area contributed by atoms with E-state index in [2.05, 4.69) is 5.10 Å². The highest BCUT2D eigenvalue weighted by Crippen LogP contribution is 2.21. The minimum atomic E-state index is -0.282. The first-order valence-electron chi connectivity index (χ1n) is 5.71. The zero-order valence-electron chi connectivity index (χ0n) is 9.68. The summed E-state index contributed by atoms with van der Waals surface area (Å²) in [5.74, 6) is -0.282. The number of nitrogens with two attached hydrogens (primary N) is 1. The van der Waals surface area contributed by atoms with Crippen molar-refractivity contribution < 1.29 is 4.39 Å². The molecule has 18 heavy (non-hydrogen) atoms. The van der Waals surface area contributed by atoms with E-state index >= 15 is 0 Å². The van der Waals surface area contributed by atoms with Gasteiger partial charge in [0, 0.05) is 11.9 Å². The van der Waals surface area contributed by atoms with Crippen LogP contribution in [0.5, 0.6) is 0 Å². The van der Waals surface area contributed by atoms with Gasteiger partial charge in [0.15, 0.2) is 0 Å². The summed E-state index contributed by atoms with van der Waals surface area (Å²) < 4.78 is 15.0. The third-order valence-electron chi connectivity index (χ3n) is 2.97. The summed E-state index contributed by atoms with van der Waals surface area (Å²) in [4.78, 5) is 0. The van der Waals surface area contributed by atoms with Crippen LogP contribution in [0.25, 0.3) is 16.6 Å². The van der Waals surface area contributed by atoms with Crippen molar-refractivity contribution in [2.24, 2.45) is 5.73 Å². The summed E-state index contributed by atoms with van der Waals surface area (Å²) in [5.41, 5.74) is 8.21. The fourth-order valence-electron chi connectivity index (χ4n) is 2.09. The number of fused-ring (bicyclic) bond motifs is 1. The van der Waals surface area contributed by atoms with Gasteiger partial charge in [0.05, 0.1) is 17.4 Å². The average Bonchev–Trinajstić information content (AvgIpc) is 2.82. The van der Waals surface area contributed by atoms with Crippen molar-refractivity contribution in [3.05, 3.63) is 60.0 Å². The first kappa shape index (κ1) is 10.9. The molecule has 0 saturated carbocycles. The number of nitrogens with zero attached hydrogens (tertiary/aromatic N) is 2. The third-order valence-corrected chi connectivity index (χ3v) is 2.97. The molecule has 90 valence electrons. The van der Waals surface area contributed by atoms with Crippen LogP contribution in [0, 0.1) is 5.82 Å². The maximum Gasteiger partial charge on any atom is 0.123 e. The van der Waals surface area contributed by atoms with Crippen LogP contribution < -0.4 is 5.73 Å². The molecular weight excluding hydrogens is 229 g/mol. The molecule has 0 aliphatic rings. The van der Waals surface area contributed by atoms with E-state index in [-0.39, 0.29) is 12.4 Å². The van der Waals surface area contributed by atoms with Crippen LogP contribution >= 0.6 is 0 Å². The molecule has 4 heteroatoms. The number of para-hydroxylation sites is 1. The molecule has 2 aromatic carbocycles. The zero-order valence-corrected chi connectivity index (χ0v) is 9.68. The smallest absolute Gasteiger partial charge is 0.123 e. The number of hydrogen-bond acceptors (Lipinski definition) is 2. The van der Waals surface area contributed by atoms with Gasteiger partial charge in [-0.2, -0.15) is 5.10 Å². The minimum absolute atomic E-state index is 0.279. The second kappa shape index (κ2) is 4.23. The summed E-state index contributed by atoms with van der Waals surface area (Å²) in [5, 5.41) is 5.39. The lowest BCUT2D eigenvalue weighted by Gasteiger charge is -2.09. The Morgan fingerprint density at radius 1 is 1.17 bits per heavy atom. The van der Waals surface area contributed by atoms with Crippen molar-refractivity contribution in [2.75, 3.05) is 0 Å². The fraction of sp³-hybridized carbons (Fsp3) is 0.0714. The van der Waals surface area contributed by atoms with Gasteiger partial charge in [-0.25, -0.2) is 9.07 Å². The molecule has 3 aromatic rings. The number of hydrogen-bond donors (Lipinski definition) is 1. The maximum absolute atomic E-state index is 13.2. The molecule has 0 aliphatic heterocycles. The minimum Gasteiger partial charge on any atom is -0.326 e. The average molecular weight is 241 g/mol. The summed E-state index contributed by atoms with van der Waals surface area (Å²) in [6.45, 7) is 0.279. The Bertz CT molecular complexity index is 703. The molecule has 0 radical (unpaired) electrons. The predicted octanol–water partition coefficient (Wildman–Crippen LogP) is 2.62. The Hall–Kier alpha value is -2.20. The van der Waals surface area contributed by atoms with Crippen molar-refractivity contribution >= 4 is 10.9 Å². The molecule has 0 spiro atoms. The summed E-state index contributed by atoms with van der Waals surface area (Å²) in [6.07, 6.45) is 1.79. The molecule has 0 aliphatic carbocycles. The van der Waals surface area contributed by atoms with E-state index in [0.29, 0.717) is 0 Å². The summed E-state index contributed by atoms with van der Waals surface area (Å²) >= 11 is 0. The lowest BCUT2D eigenvalue weighted by Crippen LogP contribution is -2.06. The molecule has 0 bridgehead atoms. The number of benzene rings is 2. The molecule has 0 fully saturated rings. The monoisotopic (exact) mass is 241 g/mol. The standard InChI is InChI=1S/C14H12FN3/c15-12-5-6-14(11(7-12)8-16)18-13-4-2-1-3-10(13)9-17-18/h1-7,9H,8,16H2. The molecule has 0 saturated heterocycles. The molecular formula is C14H12FN3. The molecule has 1 aromatic heterocycles. The van der Waals surface area contributed by atoms with E-state index in [1.807, 2.05) is 24.3 Å². The summed E-state index contributed by atoms with van der Waals surface area (Å²) in [7, 11) is 0. The van der Waals surface area contributed by atoms with Crippen LogP contribution in [0.15, 0.2) is 48.7 Å². The van der Waals surface area contributed by atoms with Crippen LogP contribution in [-0.4, -0.2) is 9.78 Å². The molecule has 1 heterocycles. The quantitative estimate of drug-likeness (QED) is 0.749. The molecule has 2 N–H and O–H groups in total. The second-order valence-electron chi connectivity index (χ2n) is 4.09. The van der Waals surface area contributed by atoms with Crippen molar-refractivity contribution in [1.29, 1.82) is 0 Å². The van der Waals surface area contributed by atoms with Gasteiger partial charge in [0.2, 0.25) is 0 Å². The SMILES string of the molecule is NCc1cc(F)ccc1-n1ncc2ccccc21. The fourth-order valence-corrected chi connectivity index (χ4v) is 2.09. The van der Waals surface area contributed by atoms with E-state index in [1.165, 1.54) is 12.1 Å². The lowest BCUT2D eigenvalue weighted by atomic mass is 10.1. The number of rotatable bonds is 2. The topological polar surface area (TPSA) is 43.8 Å². The Labute approximate surface area is 104 Å². The molecule has 3 rings (SSSR count). The normalized spacial score (nSPS) is 11.0. The summed E-state index contributed by atoms with van der Waals surface area (Å²) in [6, 6.07) is 12.5. The Kier molecular flexibility index (Phi) is 2.57. The largest absolute Gasteiger partial charge is 0.326 e. The highest BCUT2D eigenvalue weighted by molar-refractivity contribution is 5.80. The Morgan fingerprint density at radius 3 is 2.83 bits per heavy atom. The van der Waals surface area contributed by atoms with Gasteiger partial charge in [-0.1, -0.05) is 18.2 Å². The lowest BCUT2D eigenvalue weighted by molar-refractivity contribution is 0.624.